The summed E-state index contributed by atoms with van der Waals surface area (Å²) in [6.45, 7) is 8.90. The van der Waals surface area contributed by atoms with Crippen molar-refractivity contribution in [1.82, 2.24) is 34.3 Å². The standard InChI is InChI=1S/C22H29N9O2/c1-13-5-6-15(10-30(13)16-9-25-29(11-16)12-22(3,4)32)18-27-19-14(2)17(20-24-7-8-33-20)26-21(23)31(19)28-18/h7-9,11,13,15,32H,5-6,10,12H2,1-4H3,(H2,23,26)/t13-,15-/m1/s1. The molecule has 1 saturated heterocycles. The molecule has 0 radical (unpaired) electrons. The monoisotopic (exact) mass is 451 g/mol. The molecule has 0 aliphatic carbocycles. The molecule has 0 aromatic carbocycles. The summed E-state index contributed by atoms with van der Waals surface area (Å²) in [4.78, 5) is 15.8. The third kappa shape index (κ3) is 4.04. The molecule has 1 aliphatic heterocycles. The summed E-state index contributed by atoms with van der Waals surface area (Å²) >= 11 is 0. The van der Waals surface area contributed by atoms with Crippen LogP contribution in [0.5, 0.6) is 0 Å². The summed E-state index contributed by atoms with van der Waals surface area (Å²) in [5.41, 5.74) is 8.47. The van der Waals surface area contributed by atoms with Gasteiger partial charge >= 0.3 is 0 Å². The van der Waals surface area contributed by atoms with E-state index in [4.69, 9.17) is 20.2 Å². The first-order valence-corrected chi connectivity index (χ1v) is 11.1. The number of anilines is 2. The summed E-state index contributed by atoms with van der Waals surface area (Å²) in [5.74, 6) is 1.54. The number of nitrogen functional groups attached to an aromatic ring is 1. The van der Waals surface area contributed by atoms with E-state index in [1.165, 1.54) is 6.26 Å². The highest BCUT2D eigenvalue weighted by Gasteiger charge is 2.31. The average Bonchev–Trinajstić information content (AvgIpc) is 3.50. The Morgan fingerprint density at radius 1 is 1.27 bits per heavy atom. The Morgan fingerprint density at radius 3 is 2.82 bits per heavy atom. The highest BCUT2D eigenvalue weighted by molar-refractivity contribution is 5.65. The number of aromatic nitrogens is 7. The van der Waals surface area contributed by atoms with Crippen LogP contribution in [0, 0.1) is 6.92 Å². The maximum absolute atomic E-state index is 10.1. The van der Waals surface area contributed by atoms with Crippen LogP contribution in [-0.4, -0.2) is 57.6 Å². The molecule has 4 aromatic heterocycles. The van der Waals surface area contributed by atoms with Crippen LogP contribution in [0.15, 0.2) is 29.3 Å². The molecule has 11 heteroatoms. The van der Waals surface area contributed by atoms with Crippen LogP contribution >= 0.6 is 0 Å². The number of aliphatic hydroxyl groups is 1. The Morgan fingerprint density at radius 2 is 2.09 bits per heavy atom. The van der Waals surface area contributed by atoms with E-state index in [9.17, 15) is 5.11 Å². The van der Waals surface area contributed by atoms with Gasteiger partial charge in [-0.25, -0.2) is 15.0 Å². The second-order valence-corrected chi connectivity index (χ2v) is 9.47. The fraction of sp³-hybridized carbons (Fsp3) is 0.500. The molecule has 11 nitrogen and oxygen atoms in total. The van der Waals surface area contributed by atoms with Crippen LogP contribution in [0.4, 0.5) is 11.6 Å². The van der Waals surface area contributed by atoms with E-state index in [0.29, 0.717) is 29.8 Å². The van der Waals surface area contributed by atoms with E-state index < -0.39 is 5.60 Å². The lowest BCUT2D eigenvalue weighted by Crippen LogP contribution is -2.41. The third-order valence-electron chi connectivity index (χ3n) is 6.14. The fourth-order valence-corrected chi connectivity index (χ4v) is 4.47. The van der Waals surface area contributed by atoms with E-state index in [1.807, 2.05) is 19.3 Å². The Labute approximate surface area is 191 Å². The second-order valence-electron chi connectivity index (χ2n) is 9.47. The highest BCUT2D eigenvalue weighted by Crippen LogP contribution is 2.33. The molecular formula is C22H29N9O2. The van der Waals surface area contributed by atoms with Crippen molar-refractivity contribution in [2.75, 3.05) is 17.2 Å². The normalized spacial score (nSPS) is 19.5. The first kappa shape index (κ1) is 21.4. The summed E-state index contributed by atoms with van der Waals surface area (Å²) < 4.78 is 8.80. The molecule has 0 bridgehead atoms. The maximum Gasteiger partial charge on any atom is 0.245 e. The summed E-state index contributed by atoms with van der Waals surface area (Å²) in [6.07, 6.45) is 8.91. The van der Waals surface area contributed by atoms with Crippen molar-refractivity contribution < 1.29 is 9.52 Å². The molecule has 3 N–H and O–H groups in total. The smallest absolute Gasteiger partial charge is 0.245 e. The van der Waals surface area contributed by atoms with Crippen LogP contribution < -0.4 is 10.6 Å². The number of rotatable bonds is 5. The van der Waals surface area contributed by atoms with E-state index in [-0.39, 0.29) is 11.9 Å². The molecule has 0 spiro atoms. The number of nitrogens with two attached hydrogens (primary N) is 1. The van der Waals surface area contributed by atoms with Crippen LogP contribution in [0.25, 0.3) is 17.2 Å². The minimum Gasteiger partial charge on any atom is -0.443 e. The number of hydrogen-bond acceptors (Lipinski definition) is 9. The molecule has 0 amide bonds. The average molecular weight is 452 g/mol. The lowest BCUT2D eigenvalue weighted by atomic mass is 9.92. The van der Waals surface area contributed by atoms with Gasteiger partial charge < -0.3 is 20.2 Å². The zero-order valence-corrected chi connectivity index (χ0v) is 19.3. The predicted octanol–water partition coefficient (Wildman–Crippen LogP) is 2.41. The maximum atomic E-state index is 10.1. The van der Waals surface area contributed by atoms with Crippen molar-refractivity contribution in [2.45, 2.75) is 64.6 Å². The van der Waals surface area contributed by atoms with Gasteiger partial charge in [0.05, 0.1) is 30.2 Å². The Balaban J connectivity index is 1.44. The Kier molecular flexibility index (Phi) is 5.08. The lowest BCUT2D eigenvalue weighted by molar-refractivity contribution is 0.0577. The number of oxazole rings is 1. The Hall–Kier alpha value is -3.47. The van der Waals surface area contributed by atoms with Crippen molar-refractivity contribution in [1.29, 1.82) is 0 Å². The predicted molar refractivity (Wildman–Crippen MR) is 123 cm³/mol. The molecular weight excluding hydrogens is 422 g/mol. The molecule has 0 unspecified atom stereocenters. The quantitative estimate of drug-likeness (QED) is 0.468. The van der Waals surface area contributed by atoms with E-state index >= 15 is 0 Å². The van der Waals surface area contributed by atoms with Crippen molar-refractivity contribution in [3.8, 4) is 11.6 Å². The van der Waals surface area contributed by atoms with Gasteiger partial charge in [0, 0.05) is 30.3 Å². The van der Waals surface area contributed by atoms with E-state index in [0.717, 1.165) is 36.5 Å². The molecule has 174 valence electrons. The molecule has 1 fully saturated rings. The molecule has 2 atom stereocenters. The fourth-order valence-electron chi connectivity index (χ4n) is 4.47. The largest absolute Gasteiger partial charge is 0.443 e. The van der Waals surface area contributed by atoms with E-state index in [1.54, 1.807) is 29.2 Å². The second kappa shape index (κ2) is 7.84. The summed E-state index contributed by atoms with van der Waals surface area (Å²) in [7, 11) is 0. The molecule has 0 saturated carbocycles. The topological polar surface area (TPSA) is 136 Å². The van der Waals surface area contributed by atoms with Gasteiger partial charge in [-0.3, -0.25) is 4.68 Å². The SMILES string of the molecule is Cc1c(-c2ncco2)nc(N)n2nc([C@@H]3CC[C@@H](C)N(c4cnn(CC(C)(C)O)c4)C3)nc12. The summed E-state index contributed by atoms with van der Waals surface area (Å²) in [6, 6.07) is 0.364. The number of hydrogen-bond donors (Lipinski definition) is 2. The number of piperidine rings is 1. The first-order chi connectivity index (χ1) is 15.7. The Bertz CT molecular complexity index is 1270. The zero-order chi connectivity index (χ0) is 23.3. The highest BCUT2D eigenvalue weighted by atomic mass is 16.3. The minimum atomic E-state index is -0.824. The van der Waals surface area contributed by atoms with Gasteiger partial charge in [0.1, 0.15) is 12.0 Å². The lowest BCUT2D eigenvalue weighted by Gasteiger charge is -2.37. The van der Waals surface area contributed by atoms with Gasteiger partial charge in [-0.15, -0.1) is 5.10 Å². The summed E-state index contributed by atoms with van der Waals surface area (Å²) in [5, 5.41) is 19.3. The van der Waals surface area contributed by atoms with Crippen LogP contribution in [0.2, 0.25) is 0 Å². The van der Waals surface area contributed by atoms with Gasteiger partial charge in [-0.1, -0.05) is 0 Å². The van der Waals surface area contributed by atoms with Crippen molar-refractivity contribution in [3.63, 3.8) is 0 Å². The van der Waals surface area contributed by atoms with Crippen molar-refractivity contribution >= 4 is 17.3 Å². The molecule has 5 rings (SSSR count). The molecule has 5 heterocycles. The van der Waals surface area contributed by atoms with Crippen LogP contribution in [0.1, 0.15) is 50.9 Å². The van der Waals surface area contributed by atoms with Gasteiger partial charge in [0.2, 0.25) is 11.8 Å². The number of nitrogens with zero attached hydrogens (tertiary/aromatic N) is 8. The first-order valence-electron chi connectivity index (χ1n) is 11.1. The minimum absolute atomic E-state index is 0.141. The van der Waals surface area contributed by atoms with Crippen molar-refractivity contribution in [2.24, 2.45) is 0 Å². The van der Waals surface area contributed by atoms with Crippen molar-refractivity contribution in [3.05, 3.63) is 36.2 Å². The van der Waals surface area contributed by atoms with Crippen LogP contribution in [0.3, 0.4) is 0 Å². The van der Waals surface area contributed by atoms with Gasteiger partial charge in [-0.05, 0) is 40.5 Å². The van der Waals surface area contributed by atoms with E-state index in [2.05, 4.69) is 26.9 Å². The zero-order valence-electron chi connectivity index (χ0n) is 19.3. The number of fused-ring (bicyclic) bond motifs is 1. The van der Waals surface area contributed by atoms with Crippen LogP contribution in [-0.2, 0) is 6.54 Å². The molecule has 1 aliphatic rings. The third-order valence-corrected chi connectivity index (χ3v) is 6.14. The van der Waals surface area contributed by atoms with Gasteiger partial charge in [-0.2, -0.15) is 9.61 Å². The molecule has 33 heavy (non-hydrogen) atoms. The molecule has 4 aromatic rings. The van der Waals surface area contributed by atoms with Gasteiger partial charge in [0.15, 0.2) is 11.5 Å². The number of aryl methyl sites for hydroxylation is 1. The van der Waals surface area contributed by atoms with Gasteiger partial charge in [0.25, 0.3) is 0 Å².